The molecule has 7 heteroatoms. The number of carboxylic acid groups (broad SMARTS) is 1. The predicted molar refractivity (Wildman–Crippen MR) is 87.6 cm³/mol. The van der Waals surface area contributed by atoms with Crippen molar-refractivity contribution in [2.45, 2.75) is 19.3 Å². The highest BCUT2D eigenvalue weighted by Crippen LogP contribution is 2.31. The molecule has 0 aliphatic carbocycles. The Morgan fingerprint density at radius 1 is 1.29 bits per heavy atom. The van der Waals surface area contributed by atoms with Gasteiger partial charge in [-0.05, 0) is 59.9 Å². The molecule has 21 heavy (non-hydrogen) atoms. The van der Waals surface area contributed by atoms with E-state index in [0.29, 0.717) is 27.0 Å². The fraction of sp³-hybridized carbons (Fsp3) is 0.429. The van der Waals surface area contributed by atoms with Gasteiger partial charge in [-0.2, -0.15) is 0 Å². The summed E-state index contributed by atoms with van der Waals surface area (Å²) in [6.45, 7) is 1.86. The number of carbonyl (C=O) groups excluding carboxylic acids is 1. The first-order chi connectivity index (χ1) is 9.97. The van der Waals surface area contributed by atoms with Crippen LogP contribution in [0.15, 0.2) is 21.1 Å². The zero-order valence-corrected chi connectivity index (χ0v) is 14.5. The molecule has 0 atom stereocenters. The predicted octanol–water partition coefficient (Wildman–Crippen LogP) is 3.24. The molecule has 3 N–H and O–H groups in total. The molecular weight excluding hydrogens is 404 g/mol. The summed E-state index contributed by atoms with van der Waals surface area (Å²) in [5.41, 5.74) is 0.375. The number of rotatable bonds is 4. The van der Waals surface area contributed by atoms with Crippen molar-refractivity contribution in [3.8, 4) is 0 Å². The Hall–Kier alpha value is -0.920. The summed E-state index contributed by atoms with van der Waals surface area (Å²) in [6.07, 6.45) is 2.37. The quantitative estimate of drug-likeness (QED) is 0.699. The topological polar surface area (TPSA) is 78.4 Å². The Balaban J connectivity index is 2.11. The van der Waals surface area contributed by atoms with Gasteiger partial charge in [0.2, 0.25) is 5.91 Å². The van der Waals surface area contributed by atoms with Crippen molar-refractivity contribution in [1.29, 1.82) is 0 Å². The number of amides is 1. The molecule has 0 spiro atoms. The van der Waals surface area contributed by atoms with Crippen molar-refractivity contribution in [2.75, 3.05) is 18.4 Å². The number of hydrogen-bond donors (Lipinski definition) is 3. The van der Waals surface area contributed by atoms with Gasteiger partial charge in [0.05, 0.1) is 11.3 Å². The van der Waals surface area contributed by atoms with Gasteiger partial charge in [-0.1, -0.05) is 15.9 Å². The van der Waals surface area contributed by atoms with Crippen LogP contribution in [0.25, 0.3) is 0 Å². The Labute approximate surface area is 139 Å². The zero-order chi connectivity index (χ0) is 15.4. The second kappa shape index (κ2) is 7.38. The molecule has 0 aromatic heterocycles. The number of carboxylic acids is 1. The zero-order valence-electron chi connectivity index (χ0n) is 11.3. The highest BCUT2D eigenvalue weighted by molar-refractivity contribution is 9.11. The van der Waals surface area contributed by atoms with Crippen molar-refractivity contribution in [1.82, 2.24) is 5.32 Å². The van der Waals surface area contributed by atoms with Gasteiger partial charge in [0, 0.05) is 15.4 Å². The summed E-state index contributed by atoms with van der Waals surface area (Å²) in [7, 11) is 0. The number of aromatic carboxylic acids is 1. The van der Waals surface area contributed by atoms with E-state index >= 15 is 0 Å². The molecule has 114 valence electrons. The number of hydrogen-bond acceptors (Lipinski definition) is 3. The molecule has 1 aliphatic rings. The number of piperidine rings is 1. The molecule has 0 saturated carbocycles. The second-order valence-corrected chi connectivity index (χ2v) is 6.83. The Bertz CT molecular complexity index is 557. The molecule has 0 unspecified atom stereocenters. The van der Waals surface area contributed by atoms with E-state index in [1.54, 1.807) is 6.07 Å². The lowest BCUT2D eigenvalue weighted by Crippen LogP contribution is -2.30. The minimum Gasteiger partial charge on any atom is -0.478 e. The molecule has 1 aromatic rings. The van der Waals surface area contributed by atoms with Gasteiger partial charge < -0.3 is 15.7 Å². The van der Waals surface area contributed by atoms with Crippen LogP contribution in [0, 0.1) is 5.92 Å². The van der Waals surface area contributed by atoms with Crippen LogP contribution in [0.1, 0.15) is 29.6 Å². The van der Waals surface area contributed by atoms with Crippen LogP contribution in [0.5, 0.6) is 0 Å². The van der Waals surface area contributed by atoms with Crippen molar-refractivity contribution in [3.63, 3.8) is 0 Å². The van der Waals surface area contributed by atoms with Gasteiger partial charge in [-0.25, -0.2) is 4.79 Å². The second-order valence-electron chi connectivity index (χ2n) is 5.06. The fourth-order valence-electron chi connectivity index (χ4n) is 2.41. The molecule has 2 rings (SSSR count). The highest BCUT2D eigenvalue weighted by atomic mass is 79.9. The number of benzene rings is 1. The molecule has 5 nitrogen and oxygen atoms in total. The normalized spacial score (nSPS) is 15.7. The van der Waals surface area contributed by atoms with Crippen LogP contribution in [0.4, 0.5) is 5.69 Å². The average molecular weight is 420 g/mol. The van der Waals surface area contributed by atoms with Crippen molar-refractivity contribution in [2.24, 2.45) is 5.92 Å². The van der Waals surface area contributed by atoms with Crippen LogP contribution in [0.2, 0.25) is 0 Å². The maximum absolute atomic E-state index is 12.1. The Morgan fingerprint density at radius 3 is 2.57 bits per heavy atom. The van der Waals surface area contributed by atoms with Crippen molar-refractivity contribution in [3.05, 3.63) is 26.6 Å². The van der Waals surface area contributed by atoms with Gasteiger partial charge in [0.1, 0.15) is 0 Å². The molecule has 1 aromatic carbocycles. The van der Waals surface area contributed by atoms with Crippen LogP contribution in [-0.4, -0.2) is 30.1 Å². The third-order valence-electron chi connectivity index (χ3n) is 3.48. The minimum absolute atomic E-state index is 0.0647. The van der Waals surface area contributed by atoms with Gasteiger partial charge in [-0.3, -0.25) is 4.79 Å². The maximum Gasteiger partial charge on any atom is 0.337 e. The van der Waals surface area contributed by atoms with E-state index < -0.39 is 5.97 Å². The van der Waals surface area contributed by atoms with E-state index in [4.69, 9.17) is 0 Å². The molecule has 1 saturated heterocycles. The molecule has 1 heterocycles. The minimum atomic E-state index is -1.07. The third-order valence-corrected chi connectivity index (χ3v) is 4.57. The molecule has 1 aliphatic heterocycles. The molecule has 0 radical (unpaired) electrons. The summed E-state index contributed by atoms with van der Waals surface area (Å²) < 4.78 is 1.19. The first-order valence-electron chi connectivity index (χ1n) is 6.70. The number of nitrogens with one attached hydrogen (secondary N) is 2. The van der Waals surface area contributed by atoms with Gasteiger partial charge >= 0.3 is 5.97 Å². The van der Waals surface area contributed by atoms with Crippen LogP contribution < -0.4 is 10.6 Å². The summed E-state index contributed by atoms with van der Waals surface area (Å²) in [5, 5.41) is 15.2. The van der Waals surface area contributed by atoms with Crippen LogP contribution >= 0.6 is 31.9 Å². The smallest absolute Gasteiger partial charge is 0.337 e. The molecule has 1 amide bonds. The van der Waals surface area contributed by atoms with E-state index in [-0.39, 0.29) is 11.5 Å². The SMILES string of the molecule is O=C(CC1CCNCC1)Nc1c(Br)cc(Br)cc1C(=O)O. The Kier molecular flexibility index (Phi) is 5.78. The van der Waals surface area contributed by atoms with Gasteiger partial charge in [0.25, 0.3) is 0 Å². The number of anilines is 1. The van der Waals surface area contributed by atoms with Crippen LogP contribution in [-0.2, 0) is 4.79 Å². The van der Waals surface area contributed by atoms with Gasteiger partial charge in [-0.15, -0.1) is 0 Å². The number of carbonyl (C=O) groups is 2. The average Bonchev–Trinajstić information content (AvgIpc) is 2.42. The van der Waals surface area contributed by atoms with Crippen LogP contribution in [0.3, 0.4) is 0 Å². The van der Waals surface area contributed by atoms with E-state index in [1.807, 2.05) is 0 Å². The Morgan fingerprint density at radius 2 is 1.95 bits per heavy atom. The fourth-order valence-corrected chi connectivity index (χ4v) is 3.73. The largest absolute Gasteiger partial charge is 0.478 e. The summed E-state index contributed by atoms with van der Waals surface area (Å²) in [5.74, 6) is -0.865. The van der Waals surface area contributed by atoms with E-state index in [2.05, 4.69) is 42.5 Å². The monoisotopic (exact) mass is 418 g/mol. The van der Waals surface area contributed by atoms with Crippen molar-refractivity contribution < 1.29 is 14.7 Å². The lowest BCUT2D eigenvalue weighted by atomic mass is 9.94. The highest BCUT2D eigenvalue weighted by Gasteiger charge is 2.20. The third kappa shape index (κ3) is 4.52. The maximum atomic E-state index is 12.1. The standard InChI is InChI=1S/C14H16Br2N2O3/c15-9-6-10(14(20)21)13(11(16)7-9)18-12(19)5-8-1-3-17-4-2-8/h6-8,17H,1-5H2,(H,18,19)(H,20,21). The summed E-state index contributed by atoms with van der Waals surface area (Å²) in [6, 6.07) is 3.19. The first kappa shape index (κ1) is 16.5. The van der Waals surface area contributed by atoms with Gasteiger partial charge in [0.15, 0.2) is 0 Å². The van der Waals surface area contributed by atoms with E-state index in [0.717, 1.165) is 25.9 Å². The summed E-state index contributed by atoms with van der Waals surface area (Å²) >= 11 is 6.55. The molecule has 0 bridgehead atoms. The molecule has 1 fully saturated rings. The number of halogens is 2. The summed E-state index contributed by atoms with van der Waals surface area (Å²) in [4.78, 5) is 23.4. The molecular formula is C14H16Br2N2O3. The van der Waals surface area contributed by atoms with E-state index in [9.17, 15) is 14.7 Å². The van der Waals surface area contributed by atoms with E-state index in [1.165, 1.54) is 6.07 Å². The first-order valence-corrected chi connectivity index (χ1v) is 8.29. The lowest BCUT2D eigenvalue weighted by Gasteiger charge is -2.22. The lowest BCUT2D eigenvalue weighted by molar-refractivity contribution is -0.117. The van der Waals surface area contributed by atoms with Crippen molar-refractivity contribution >= 4 is 49.4 Å².